The number of aromatic amines is 1. The number of H-pyrrole nitrogens is 1. The lowest BCUT2D eigenvalue weighted by atomic mass is 10.1. The molecule has 2 aromatic rings. The molecule has 2 rings (SSSR count). The number of benzene rings is 1. The average molecular weight is 217 g/mol. The maximum Gasteiger partial charge on any atom is 0.252 e. The predicted molar refractivity (Wildman–Crippen MR) is 62.0 cm³/mol. The molecule has 4 heteroatoms. The molecule has 0 unspecified atom stereocenters. The van der Waals surface area contributed by atoms with Gasteiger partial charge in [-0.15, -0.1) is 0 Å². The smallest absolute Gasteiger partial charge is 0.252 e. The van der Waals surface area contributed by atoms with Crippen molar-refractivity contribution in [3.05, 3.63) is 49.9 Å². The number of hydrogen-bond acceptors (Lipinski definition) is 3. The van der Waals surface area contributed by atoms with E-state index in [0.717, 1.165) is 17.2 Å². The van der Waals surface area contributed by atoms with E-state index >= 15 is 0 Å². The van der Waals surface area contributed by atoms with Gasteiger partial charge in [-0.1, -0.05) is 0 Å². The molecule has 1 heterocycles. The van der Waals surface area contributed by atoms with Crippen LogP contribution in [0.25, 0.3) is 10.9 Å². The van der Waals surface area contributed by atoms with Gasteiger partial charge in [-0.2, -0.15) is 0 Å². The Balaban J connectivity index is 3.13. The van der Waals surface area contributed by atoms with Crippen LogP contribution in [0.5, 0.6) is 5.75 Å². The highest BCUT2D eigenvalue weighted by molar-refractivity contribution is 5.80. The van der Waals surface area contributed by atoms with Crippen molar-refractivity contribution in [2.24, 2.45) is 0 Å². The first-order valence-electron chi connectivity index (χ1n) is 4.86. The largest absolute Gasteiger partial charge is 0.504 e. The van der Waals surface area contributed by atoms with Gasteiger partial charge in [0.05, 0.1) is 5.52 Å². The average Bonchev–Trinajstić information content (AvgIpc) is 2.29. The summed E-state index contributed by atoms with van der Waals surface area (Å²) in [5.41, 5.74) is 1.34. The Morgan fingerprint density at radius 2 is 1.69 bits per heavy atom. The Labute approximate surface area is 91.2 Å². The van der Waals surface area contributed by atoms with Gasteiger partial charge in [0, 0.05) is 11.5 Å². The number of fused-ring (bicyclic) bond motifs is 1. The van der Waals surface area contributed by atoms with Crippen LogP contribution in [-0.4, -0.2) is 10.1 Å². The second-order valence-corrected chi connectivity index (χ2v) is 3.83. The lowest BCUT2D eigenvalue weighted by Gasteiger charge is -1.99. The van der Waals surface area contributed by atoms with Gasteiger partial charge in [0.2, 0.25) is 5.43 Å². The van der Waals surface area contributed by atoms with Crippen molar-refractivity contribution in [3.8, 4) is 5.75 Å². The number of hydrogen-bond donors (Lipinski definition) is 2. The maximum absolute atomic E-state index is 11.7. The minimum absolute atomic E-state index is 0.322. The number of aromatic nitrogens is 1. The van der Waals surface area contributed by atoms with Crippen LogP contribution in [0, 0.1) is 13.8 Å². The first-order chi connectivity index (χ1) is 7.49. The molecular formula is C12H11NO3. The fraction of sp³-hybridized carbons (Fsp3) is 0.167. The molecule has 0 aliphatic carbocycles. The molecule has 16 heavy (non-hydrogen) atoms. The summed E-state index contributed by atoms with van der Waals surface area (Å²) in [7, 11) is 0. The second kappa shape index (κ2) is 3.48. The van der Waals surface area contributed by atoms with Crippen LogP contribution >= 0.6 is 0 Å². The molecule has 0 spiro atoms. The molecule has 0 bridgehead atoms. The Kier molecular flexibility index (Phi) is 2.27. The number of rotatable bonds is 0. The molecule has 0 atom stereocenters. The molecule has 0 saturated carbocycles. The van der Waals surface area contributed by atoms with Crippen LogP contribution in [-0.2, 0) is 0 Å². The zero-order chi connectivity index (χ0) is 11.9. The van der Waals surface area contributed by atoms with Crippen LogP contribution < -0.4 is 11.0 Å². The van der Waals surface area contributed by atoms with Crippen LogP contribution in [0.1, 0.15) is 11.1 Å². The topological polar surface area (TPSA) is 70.2 Å². The molecule has 4 nitrogen and oxygen atoms in total. The predicted octanol–water partition coefficient (Wildman–Crippen LogP) is 1.21. The normalized spacial score (nSPS) is 10.6. The van der Waals surface area contributed by atoms with Gasteiger partial charge < -0.3 is 10.1 Å². The van der Waals surface area contributed by atoms with Gasteiger partial charge >= 0.3 is 0 Å². The molecular weight excluding hydrogens is 206 g/mol. The Morgan fingerprint density at radius 3 is 2.38 bits per heavy atom. The van der Waals surface area contributed by atoms with E-state index in [1.807, 2.05) is 13.8 Å². The van der Waals surface area contributed by atoms with Crippen molar-refractivity contribution in [2.45, 2.75) is 13.8 Å². The monoisotopic (exact) mass is 217 g/mol. The van der Waals surface area contributed by atoms with Gasteiger partial charge in [-0.05, 0) is 37.1 Å². The summed E-state index contributed by atoms with van der Waals surface area (Å²) in [6, 6.07) is 4.29. The summed E-state index contributed by atoms with van der Waals surface area (Å²) >= 11 is 0. The van der Waals surface area contributed by atoms with Gasteiger partial charge in [0.25, 0.3) is 5.56 Å². The van der Waals surface area contributed by atoms with E-state index in [1.54, 1.807) is 12.1 Å². The van der Waals surface area contributed by atoms with E-state index in [9.17, 15) is 14.7 Å². The number of nitrogens with one attached hydrogen (secondary N) is 1. The molecule has 0 aliphatic rings. The fourth-order valence-electron chi connectivity index (χ4n) is 1.60. The third-order valence-electron chi connectivity index (χ3n) is 2.64. The van der Waals surface area contributed by atoms with Crippen molar-refractivity contribution in [1.29, 1.82) is 0 Å². The molecule has 0 radical (unpaired) electrons. The van der Waals surface area contributed by atoms with E-state index in [4.69, 9.17) is 0 Å². The number of aryl methyl sites for hydroxylation is 2. The van der Waals surface area contributed by atoms with Crippen molar-refractivity contribution in [2.75, 3.05) is 0 Å². The summed E-state index contributed by atoms with van der Waals surface area (Å²) in [6.45, 7) is 3.76. The minimum Gasteiger partial charge on any atom is -0.504 e. The molecule has 1 aromatic heterocycles. The number of aromatic hydroxyl groups is 1. The Morgan fingerprint density at radius 1 is 1.06 bits per heavy atom. The first-order valence-corrected chi connectivity index (χ1v) is 4.86. The van der Waals surface area contributed by atoms with E-state index in [-0.39, 0.29) is 0 Å². The van der Waals surface area contributed by atoms with E-state index in [2.05, 4.69) is 4.98 Å². The molecule has 82 valence electrons. The first kappa shape index (κ1) is 10.4. The van der Waals surface area contributed by atoms with Gasteiger partial charge in [0.15, 0.2) is 5.75 Å². The lowest BCUT2D eigenvalue weighted by Crippen LogP contribution is -1.98. The summed E-state index contributed by atoms with van der Waals surface area (Å²) in [4.78, 5) is 25.6. The summed E-state index contributed by atoms with van der Waals surface area (Å²) < 4.78 is 0. The lowest BCUT2D eigenvalue weighted by molar-refractivity contribution is 0.471. The van der Waals surface area contributed by atoms with Crippen LogP contribution in [0.15, 0.2) is 27.8 Å². The highest BCUT2D eigenvalue weighted by Gasteiger charge is 2.05. The highest BCUT2D eigenvalue weighted by Crippen LogP contribution is 2.14. The van der Waals surface area contributed by atoms with E-state index in [0.29, 0.717) is 10.9 Å². The summed E-state index contributed by atoms with van der Waals surface area (Å²) in [5, 5.41) is 9.71. The summed E-state index contributed by atoms with van der Waals surface area (Å²) in [5.74, 6) is -0.528. The zero-order valence-electron chi connectivity index (χ0n) is 9.00. The van der Waals surface area contributed by atoms with Crippen molar-refractivity contribution < 1.29 is 5.11 Å². The molecule has 1 aromatic carbocycles. The fourth-order valence-corrected chi connectivity index (χ4v) is 1.60. The Bertz CT molecular complexity index is 686. The molecule has 0 fully saturated rings. The van der Waals surface area contributed by atoms with Crippen LogP contribution in [0.3, 0.4) is 0 Å². The second-order valence-electron chi connectivity index (χ2n) is 3.83. The molecule has 0 saturated heterocycles. The van der Waals surface area contributed by atoms with Gasteiger partial charge in [0.1, 0.15) is 0 Å². The quantitative estimate of drug-likeness (QED) is 0.696. The van der Waals surface area contributed by atoms with Crippen LogP contribution in [0.4, 0.5) is 0 Å². The van der Waals surface area contributed by atoms with Crippen molar-refractivity contribution in [1.82, 2.24) is 4.98 Å². The highest BCUT2D eigenvalue weighted by atomic mass is 16.3. The SMILES string of the molecule is Cc1cc2[nH]c(=O)cc(O)c(=O)c2cc1C. The standard InChI is InChI=1S/C12H11NO3/c1-6-3-8-9(4-7(6)2)13-11(15)5-10(14)12(8)16/h3-5H,1-2H3,(H,13,15)(H,14,16). The maximum atomic E-state index is 11.7. The van der Waals surface area contributed by atoms with E-state index in [1.165, 1.54) is 0 Å². The molecule has 0 aliphatic heterocycles. The van der Waals surface area contributed by atoms with E-state index < -0.39 is 16.7 Å². The third-order valence-corrected chi connectivity index (χ3v) is 2.64. The molecule has 0 amide bonds. The van der Waals surface area contributed by atoms with Gasteiger partial charge in [-0.3, -0.25) is 9.59 Å². The van der Waals surface area contributed by atoms with Gasteiger partial charge in [-0.25, -0.2) is 0 Å². The summed E-state index contributed by atoms with van der Waals surface area (Å²) in [6.07, 6.45) is 0. The third kappa shape index (κ3) is 1.58. The molecule has 2 N–H and O–H groups in total. The van der Waals surface area contributed by atoms with Crippen LogP contribution in [0.2, 0.25) is 0 Å². The zero-order valence-corrected chi connectivity index (χ0v) is 9.00. The van der Waals surface area contributed by atoms with Crippen molar-refractivity contribution >= 4 is 10.9 Å². The minimum atomic E-state index is -0.531. The Hall–Kier alpha value is -2.10. The van der Waals surface area contributed by atoms with Crippen molar-refractivity contribution in [3.63, 3.8) is 0 Å².